The topological polar surface area (TPSA) is 60.2 Å². The number of rotatable bonds is 6. The highest BCUT2D eigenvalue weighted by molar-refractivity contribution is 5.76. The van der Waals surface area contributed by atoms with Gasteiger partial charge >= 0.3 is 0 Å². The highest BCUT2D eigenvalue weighted by Crippen LogP contribution is 2.16. The monoisotopic (exact) mass is 328 g/mol. The van der Waals surface area contributed by atoms with E-state index in [1.54, 1.807) is 17.1 Å². The van der Waals surface area contributed by atoms with E-state index in [-0.39, 0.29) is 18.6 Å². The van der Waals surface area contributed by atoms with Gasteiger partial charge in [-0.1, -0.05) is 0 Å². The number of carbonyl (C=O) groups is 1. The van der Waals surface area contributed by atoms with E-state index in [9.17, 15) is 4.79 Å². The third-order valence-corrected chi connectivity index (χ3v) is 4.31. The van der Waals surface area contributed by atoms with Crippen LogP contribution in [0, 0.1) is 13.8 Å². The summed E-state index contributed by atoms with van der Waals surface area (Å²) in [5.74, 6) is 0.0634. The van der Waals surface area contributed by atoms with E-state index in [2.05, 4.69) is 10.1 Å². The Morgan fingerprint density at radius 3 is 2.79 bits per heavy atom. The van der Waals surface area contributed by atoms with Crippen LogP contribution in [0.1, 0.15) is 29.8 Å². The molecule has 1 amide bonds. The third-order valence-electron chi connectivity index (χ3n) is 4.31. The second kappa shape index (κ2) is 7.57. The fourth-order valence-corrected chi connectivity index (χ4v) is 3.06. The van der Waals surface area contributed by atoms with Crippen molar-refractivity contribution in [1.82, 2.24) is 19.7 Å². The second-order valence-corrected chi connectivity index (χ2v) is 6.35. The van der Waals surface area contributed by atoms with Gasteiger partial charge < -0.3 is 9.64 Å². The molecular weight excluding hydrogens is 304 g/mol. The lowest BCUT2D eigenvalue weighted by Crippen LogP contribution is -2.39. The van der Waals surface area contributed by atoms with Gasteiger partial charge in [0.15, 0.2) is 0 Å². The Balaban J connectivity index is 1.72. The van der Waals surface area contributed by atoms with Crippen molar-refractivity contribution in [3.05, 3.63) is 47.5 Å². The largest absolute Gasteiger partial charge is 0.376 e. The summed E-state index contributed by atoms with van der Waals surface area (Å²) >= 11 is 0. The van der Waals surface area contributed by atoms with E-state index in [4.69, 9.17) is 4.74 Å². The molecule has 24 heavy (non-hydrogen) atoms. The maximum Gasteiger partial charge on any atom is 0.244 e. The molecule has 1 atom stereocenters. The summed E-state index contributed by atoms with van der Waals surface area (Å²) in [6, 6.07) is 5.87. The minimum absolute atomic E-state index is 0.0634. The van der Waals surface area contributed by atoms with Crippen molar-refractivity contribution >= 4 is 5.91 Å². The first-order valence-electron chi connectivity index (χ1n) is 8.41. The first-order chi connectivity index (χ1) is 11.6. The number of amides is 1. The second-order valence-electron chi connectivity index (χ2n) is 6.35. The Kier molecular flexibility index (Phi) is 5.25. The quantitative estimate of drug-likeness (QED) is 0.815. The highest BCUT2D eigenvalue weighted by atomic mass is 16.5. The summed E-state index contributed by atoms with van der Waals surface area (Å²) in [4.78, 5) is 18.8. The van der Waals surface area contributed by atoms with Crippen molar-refractivity contribution in [3.63, 3.8) is 0 Å². The smallest absolute Gasteiger partial charge is 0.244 e. The average molecular weight is 328 g/mol. The molecule has 1 saturated heterocycles. The predicted octanol–water partition coefficient (Wildman–Crippen LogP) is 2.10. The van der Waals surface area contributed by atoms with E-state index >= 15 is 0 Å². The van der Waals surface area contributed by atoms with Crippen LogP contribution in [0.25, 0.3) is 0 Å². The SMILES string of the molecule is Cc1cc(C)n(CC(=O)N(Cc2ccncc2)CC2CCCO2)n1. The van der Waals surface area contributed by atoms with Gasteiger partial charge in [0.05, 0.1) is 11.8 Å². The van der Waals surface area contributed by atoms with Gasteiger partial charge in [-0.3, -0.25) is 14.5 Å². The Morgan fingerprint density at radius 2 is 2.17 bits per heavy atom. The van der Waals surface area contributed by atoms with Crippen molar-refractivity contribution in [2.24, 2.45) is 0 Å². The number of ether oxygens (including phenoxy) is 1. The number of hydrogen-bond donors (Lipinski definition) is 0. The number of aryl methyl sites for hydroxylation is 2. The Morgan fingerprint density at radius 1 is 1.38 bits per heavy atom. The average Bonchev–Trinajstić information content (AvgIpc) is 3.17. The van der Waals surface area contributed by atoms with Gasteiger partial charge in [0.25, 0.3) is 0 Å². The lowest BCUT2D eigenvalue weighted by molar-refractivity contribution is -0.134. The minimum atomic E-state index is 0.0634. The normalized spacial score (nSPS) is 17.2. The van der Waals surface area contributed by atoms with Crippen LogP contribution < -0.4 is 0 Å². The zero-order chi connectivity index (χ0) is 16.9. The fourth-order valence-electron chi connectivity index (χ4n) is 3.06. The number of hydrogen-bond acceptors (Lipinski definition) is 4. The summed E-state index contributed by atoms with van der Waals surface area (Å²) in [6.07, 6.45) is 5.73. The fraction of sp³-hybridized carbons (Fsp3) is 0.500. The van der Waals surface area contributed by atoms with E-state index in [0.29, 0.717) is 13.1 Å². The number of aromatic nitrogens is 3. The van der Waals surface area contributed by atoms with Crippen LogP contribution in [-0.4, -0.2) is 44.8 Å². The molecule has 0 N–H and O–H groups in total. The molecule has 0 radical (unpaired) electrons. The number of nitrogens with zero attached hydrogens (tertiary/aromatic N) is 4. The van der Waals surface area contributed by atoms with Gasteiger partial charge in [-0.25, -0.2) is 0 Å². The van der Waals surface area contributed by atoms with Gasteiger partial charge in [-0.05, 0) is 50.5 Å². The molecule has 0 saturated carbocycles. The van der Waals surface area contributed by atoms with Gasteiger partial charge in [-0.15, -0.1) is 0 Å². The Labute approximate surface area is 142 Å². The van der Waals surface area contributed by atoms with Crippen molar-refractivity contribution < 1.29 is 9.53 Å². The van der Waals surface area contributed by atoms with Crippen molar-refractivity contribution in [1.29, 1.82) is 0 Å². The molecule has 0 bridgehead atoms. The molecule has 1 aliphatic heterocycles. The molecule has 0 aromatic carbocycles. The molecule has 3 heterocycles. The summed E-state index contributed by atoms with van der Waals surface area (Å²) in [5, 5.41) is 4.40. The van der Waals surface area contributed by atoms with Crippen molar-refractivity contribution in [2.75, 3.05) is 13.2 Å². The van der Waals surface area contributed by atoms with Crippen LogP contribution in [0.5, 0.6) is 0 Å². The molecule has 1 fully saturated rings. The lowest BCUT2D eigenvalue weighted by atomic mass is 10.2. The molecule has 0 aliphatic carbocycles. The lowest BCUT2D eigenvalue weighted by Gasteiger charge is -2.26. The predicted molar refractivity (Wildman–Crippen MR) is 90.3 cm³/mol. The molecule has 0 spiro atoms. The van der Waals surface area contributed by atoms with Crippen LogP contribution in [0.4, 0.5) is 0 Å². The first kappa shape index (κ1) is 16.6. The first-order valence-corrected chi connectivity index (χ1v) is 8.41. The number of pyridine rings is 1. The summed E-state index contributed by atoms with van der Waals surface area (Å²) in [7, 11) is 0. The van der Waals surface area contributed by atoms with Crippen molar-refractivity contribution in [3.8, 4) is 0 Å². The molecular formula is C18H24N4O2. The third kappa shape index (κ3) is 4.20. The molecule has 3 rings (SSSR count). The molecule has 1 unspecified atom stereocenters. The zero-order valence-corrected chi connectivity index (χ0v) is 14.3. The van der Waals surface area contributed by atoms with Gasteiger partial charge in [0.1, 0.15) is 6.54 Å². The zero-order valence-electron chi connectivity index (χ0n) is 14.3. The maximum atomic E-state index is 12.9. The van der Waals surface area contributed by atoms with Crippen LogP contribution in [0.3, 0.4) is 0 Å². The molecule has 6 nitrogen and oxygen atoms in total. The van der Waals surface area contributed by atoms with E-state index < -0.39 is 0 Å². The Hall–Kier alpha value is -2.21. The standard InChI is InChI=1S/C18H24N4O2/c1-14-10-15(2)22(20-14)13-18(23)21(12-17-4-3-9-24-17)11-16-5-7-19-8-6-16/h5-8,10,17H,3-4,9,11-13H2,1-2H3. The molecule has 1 aliphatic rings. The minimum Gasteiger partial charge on any atom is -0.376 e. The summed E-state index contributed by atoms with van der Waals surface area (Å²) in [6.45, 7) is 6.16. The van der Waals surface area contributed by atoms with Crippen LogP contribution in [-0.2, 0) is 22.6 Å². The van der Waals surface area contributed by atoms with Crippen LogP contribution in [0.2, 0.25) is 0 Å². The molecule has 2 aromatic heterocycles. The molecule has 6 heteroatoms. The van der Waals surface area contributed by atoms with Gasteiger partial charge in [0.2, 0.25) is 5.91 Å². The molecule has 128 valence electrons. The van der Waals surface area contributed by atoms with E-state index in [0.717, 1.165) is 36.4 Å². The van der Waals surface area contributed by atoms with Gasteiger partial charge in [0, 0.05) is 37.8 Å². The van der Waals surface area contributed by atoms with E-state index in [1.807, 2.05) is 36.9 Å². The Bertz CT molecular complexity index is 678. The maximum absolute atomic E-state index is 12.9. The number of carbonyl (C=O) groups excluding carboxylic acids is 1. The van der Waals surface area contributed by atoms with Crippen molar-refractivity contribution in [2.45, 2.75) is 45.9 Å². The van der Waals surface area contributed by atoms with Crippen LogP contribution in [0.15, 0.2) is 30.6 Å². The van der Waals surface area contributed by atoms with Crippen LogP contribution >= 0.6 is 0 Å². The summed E-state index contributed by atoms with van der Waals surface area (Å²) < 4.78 is 7.49. The van der Waals surface area contributed by atoms with Gasteiger partial charge in [-0.2, -0.15) is 5.10 Å². The summed E-state index contributed by atoms with van der Waals surface area (Å²) in [5.41, 5.74) is 3.01. The highest BCUT2D eigenvalue weighted by Gasteiger charge is 2.23. The molecule has 2 aromatic rings. The van der Waals surface area contributed by atoms with E-state index in [1.165, 1.54) is 0 Å².